The molecule has 0 aliphatic heterocycles. The number of halogens is 1. The van der Waals surface area contributed by atoms with Crippen molar-refractivity contribution < 1.29 is 14.0 Å². The summed E-state index contributed by atoms with van der Waals surface area (Å²) in [5.74, 6) is -0.201. The van der Waals surface area contributed by atoms with Crippen LogP contribution in [0.4, 0.5) is 4.39 Å². The fourth-order valence-electron chi connectivity index (χ4n) is 1.63. The predicted octanol–water partition coefficient (Wildman–Crippen LogP) is 2.64. The van der Waals surface area contributed by atoms with Crippen LogP contribution in [0, 0.1) is 5.82 Å². The zero-order valence-electron chi connectivity index (χ0n) is 9.62. The van der Waals surface area contributed by atoms with E-state index in [4.69, 9.17) is 4.52 Å². The second-order valence-electron chi connectivity index (χ2n) is 3.82. The monoisotopic (exact) mass is 257 g/mol. The molecule has 6 heteroatoms. The van der Waals surface area contributed by atoms with Crippen LogP contribution in [0.3, 0.4) is 0 Å². The van der Waals surface area contributed by atoms with Crippen LogP contribution in [0.2, 0.25) is 0 Å². The van der Waals surface area contributed by atoms with E-state index in [0.717, 1.165) is 17.7 Å². The molecule has 0 aliphatic carbocycles. The second kappa shape index (κ2) is 4.49. The van der Waals surface area contributed by atoms with E-state index in [-0.39, 0.29) is 17.2 Å². The van der Waals surface area contributed by atoms with Gasteiger partial charge in [-0.3, -0.25) is 4.98 Å². The Morgan fingerprint density at radius 2 is 1.89 bits per heavy atom. The molecule has 0 atom stereocenters. The average Bonchev–Trinajstić information content (AvgIpc) is 2.92. The minimum absolute atomic E-state index is 0.0591. The molecule has 2 heterocycles. The minimum atomic E-state index is -0.489. The van der Waals surface area contributed by atoms with Crippen LogP contribution in [0.5, 0.6) is 5.75 Å². The van der Waals surface area contributed by atoms with Gasteiger partial charge in [0.25, 0.3) is 5.89 Å². The molecule has 94 valence electrons. The Bertz CT molecular complexity index is 713. The molecule has 2 aromatic heterocycles. The molecule has 3 rings (SSSR count). The number of rotatable bonds is 2. The maximum Gasteiger partial charge on any atom is 0.262 e. The van der Waals surface area contributed by atoms with Gasteiger partial charge in [0, 0.05) is 18.0 Å². The van der Waals surface area contributed by atoms with E-state index < -0.39 is 5.82 Å². The summed E-state index contributed by atoms with van der Waals surface area (Å²) >= 11 is 0. The van der Waals surface area contributed by atoms with Gasteiger partial charge in [0.2, 0.25) is 5.82 Å². The summed E-state index contributed by atoms with van der Waals surface area (Å²) in [7, 11) is 0. The standard InChI is InChI=1S/C13H8FN3O2/c14-9-1-2-11(18)10(7-9)13-16-12(17-19-13)8-3-5-15-6-4-8/h1-7,18H. The van der Waals surface area contributed by atoms with Gasteiger partial charge < -0.3 is 9.63 Å². The number of benzene rings is 1. The van der Waals surface area contributed by atoms with Crippen LogP contribution < -0.4 is 0 Å². The number of aromatic nitrogens is 3. The van der Waals surface area contributed by atoms with Crippen molar-refractivity contribution in [3.8, 4) is 28.6 Å². The van der Waals surface area contributed by atoms with Crippen molar-refractivity contribution in [3.05, 3.63) is 48.5 Å². The van der Waals surface area contributed by atoms with E-state index in [0.29, 0.717) is 5.82 Å². The number of nitrogens with zero attached hydrogens (tertiary/aromatic N) is 3. The van der Waals surface area contributed by atoms with Gasteiger partial charge in [-0.1, -0.05) is 5.16 Å². The highest BCUT2D eigenvalue weighted by Crippen LogP contribution is 2.29. The number of pyridine rings is 1. The van der Waals surface area contributed by atoms with Crippen LogP contribution in [0.15, 0.2) is 47.2 Å². The molecule has 0 aliphatic rings. The Hall–Kier alpha value is -2.76. The van der Waals surface area contributed by atoms with Crippen molar-refractivity contribution in [1.29, 1.82) is 0 Å². The van der Waals surface area contributed by atoms with Gasteiger partial charge in [0.05, 0.1) is 5.56 Å². The number of hydrogen-bond donors (Lipinski definition) is 1. The molecule has 0 saturated heterocycles. The first kappa shape index (κ1) is 11.3. The van der Waals surface area contributed by atoms with Crippen LogP contribution in [0.1, 0.15) is 0 Å². The summed E-state index contributed by atoms with van der Waals surface area (Å²) in [6.07, 6.45) is 3.20. The maximum absolute atomic E-state index is 13.2. The summed E-state index contributed by atoms with van der Waals surface area (Å²) in [5.41, 5.74) is 0.883. The molecule has 0 bridgehead atoms. The van der Waals surface area contributed by atoms with Crippen molar-refractivity contribution >= 4 is 0 Å². The smallest absolute Gasteiger partial charge is 0.262 e. The van der Waals surface area contributed by atoms with Gasteiger partial charge >= 0.3 is 0 Å². The van der Waals surface area contributed by atoms with Crippen molar-refractivity contribution in [2.24, 2.45) is 0 Å². The normalized spacial score (nSPS) is 10.6. The van der Waals surface area contributed by atoms with Gasteiger partial charge in [0.15, 0.2) is 0 Å². The SMILES string of the molecule is Oc1ccc(F)cc1-c1nc(-c2ccncc2)no1. The number of hydrogen-bond acceptors (Lipinski definition) is 5. The van der Waals surface area contributed by atoms with Gasteiger partial charge in [0.1, 0.15) is 11.6 Å². The van der Waals surface area contributed by atoms with E-state index in [1.165, 1.54) is 6.07 Å². The lowest BCUT2D eigenvalue weighted by atomic mass is 10.2. The van der Waals surface area contributed by atoms with Crippen molar-refractivity contribution in [2.45, 2.75) is 0 Å². The Morgan fingerprint density at radius 1 is 1.11 bits per heavy atom. The summed E-state index contributed by atoms with van der Waals surface area (Å²) in [4.78, 5) is 8.01. The number of phenolic OH excluding ortho intramolecular Hbond substituents is 1. The zero-order valence-corrected chi connectivity index (χ0v) is 9.62. The Labute approximate surface area is 107 Å². The molecular weight excluding hydrogens is 249 g/mol. The molecule has 0 unspecified atom stereocenters. The first-order chi connectivity index (χ1) is 9.24. The lowest BCUT2D eigenvalue weighted by Gasteiger charge is -1.98. The van der Waals surface area contributed by atoms with Crippen molar-refractivity contribution in [3.63, 3.8) is 0 Å². The largest absolute Gasteiger partial charge is 0.507 e. The molecule has 0 radical (unpaired) electrons. The third kappa shape index (κ3) is 2.15. The lowest BCUT2D eigenvalue weighted by molar-refractivity contribution is 0.425. The van der Waals surface area contributed by atoms with E-state index in [2.05, 4.69) is 15.1 Å². The maximum atomic E-state index is 13.2. The van der Waals surface area contributed by atoms with Crippen molar-refractivity contribution in [1.82, 2.24) is 15.1 Å². The van der Waals surface area contributed by atoms with Crippen LogP contribution >= 0.6 is 0 Å². The van der Waals surface area contributed by atoms with Crippen LogP contribution in [-0.2, 0) is 0 Å². The number of phenols is 1. The van der Waals surface area contributed by atoms with Gasteiger partial charge in [-0.15, -0.1) is 0 Å². The highest BCUT2D eigenvalue weighted by Gasteiger charge is 2.14. The van der Waals surface area contributed by atoms with E-state index in [9.17, 15) is 9.50 Å². The second-order valence-corrected chi connectivity index (χ2v) is 3.82. The molecule has 3 aromatic rings. The quantitative estimate of drug-likeness (QED) is 0.764. The fourth-order valence-corrected chi connectivity index (χ4v) is 1.63. The Balaban J connectivity index is 2.04. The van der Waals surface area contributed by atoms with Gasteiger partial charge in [-0.05, 0) is 30.3 Å². The van der Waals surface area contributed by atoms with Gasteiger partial charge in [-0.25, -0.2) is 4.39 Å². The highest BCUT2D eigenvalue weighted by atomic mass is 19.1. The molecule has 0 saturated carbocycles. The topological polar surface area (TPSA) is 72.0 Å². The van der Waals surface area contributed by atoms with Crippen LogP contribution in [0.25, 0.3) is 22.8 Å². The third-order valence-electron chi connectivity index (χ3n) is 2.55. The highest BCUT2D eigenvalue weighted by molar-refractivity contribution is 5.64. The minimum Gasteiger partial charge on any atom is -0.507 e. The van der Waals surface area contributed by atoms with E-state index in [1.54, 1.807) is 24.5 Å². The van der Waals surface area contributed by atoms with E-state index in [1.807, 2.05) is 0 Å². The number of aromatic hydroxyl groups is 1. The molecular formula is C13H8FN3O2. The summed E-state index contributed by atoms with van der Waals surface area (Å²) in [6, 6.07) is 6.97. The Kier molecular flexibility index (Phi) is 2.68. The first-order valence-corrected chi connectivity index (χ1v) is 5.47. The van der Waals surface area contributed by atoms with E-state index >= 15 is 0 Å². The van der Waals surface area contributed by atoms with Gasteiger partial charge in [-0.2, -0.15) is 4.98 Å². The predicted molar refractivity (Wildman–Crippen MR) is 64.6 cm³/mol. The Morgan fingerprint density at radius 3 is 2.68 bits per heavy atom. The first-order valence-electron chi connectivity index (χ1n) is 5.47. The third-order valence-corrected chi connectivity index (χ3v) is 2.55. The summed E-state index contributed by atoms with van der Waals surface area (Å²) in [5, 5.41) is 13.4. The van der Waals surface area contributed by atoms with Crippen LogP contribution in [-0.4, -0.2) is 20.2 Å². The summed E-state index contributed by atoms with van der Waals surface area (Å²) < 4.78 is 18.2. The van der Waals surface area contributed by atoms with Crippen molar-refractivity contribution in [2.75, 3.05) is 0 Å². The zero-order chi connectivity index (χ0) is 13.2. The molecule has 19 heavy (non-hydrogen) atoms. The summed E-state index contributed by atoms with van der Waals surface area (Å²) in [6.45, 7) is 0. The fraction of sp³-hybridized carbons (Fsp3) is 0. The molecule has 0 fully saturated rings. The molecule has 1 N–H and O–H groups in total. The molecule has 0 spiro atoms. The molecule has 5 nitrogen and oxygen atoms in total. The molecule has 0 amide bonds. The lowest BCUT2D eigenvalue weighted by Crippen LogP contribution is -1.83. The molecule has 1 aromatic carbocycles. The average molecular weight is 257 g/mol.